The molecular formula is C15H20N2O. The molecule has 0 unspecified atom stereocenters. The van der Waals surface area contributed by atoms with E-state index in [0.29, 0.717) is 0 Å². The van der Waals surface area contributed by atoms with Crippen molar-refractivity contribution in [3.8, 4) is 11.6 Å². The number of aromatic nitrogens is 2. The van der Waals surface area contributed by atoms with E-state index in [1.165, 1.54) is 5.56 Å². The molecule has 1 aromatic heterocycles. The number of benzene rings is 1. The topological polar surface area (TPSA) is 38.1 Å². The summed E-state index contributed by atoms with van der Waals surface area (Å²) in [5, 5.41) is 14.2. The van der Waals surface area contributed by atoms with Gasteiger partial charge in [-0.3, -0.25) is 0 Å². The second kappa shape index (κ2) is 5.25. The lowest BCUT2D eigenvalue weighted by Crippen LogP contribution is -2.03. The number of hydrogen-bond acceptors (Lipinski definition) is 2. The van der Waals surface area contributed by atoms with Gasteiger partial charge in [0.25, 0.3) is 0 Å². The third kappa shape index (κ3) is 2.26. The Labute approximate surface area is 108 Å². The van der Waals surface area contributed by atoms with Gasteiger partial charge in [-0.25, -0.2) is 4.68 Å². The molecule has 0 aliphatic rings. The van der Waals surface area contributed by atoms with Crippen LogP contribution >= 0.6 is 0 Å². The summed E-state index contributed by atoms with van der Waals surface area (Å²) in [6.07, 6.45) is 2.79. The Morgan fingerprint density at radius 3 is 2.67 bits per heavy atom. The average Bonchev–Trinajstić information content (AvgIpc) is 2.66. The maximum absolute atomic E-state index is 9.94. The van der Waals surface area contributed by atoms with Crippen molar-refractivity contribution >= 4 is 0 Å². The Bertz CT molecular complexity index is 543. The summed E-state index contributed by atoms with van der Waals surface area (Å²) >= 11 is 0. The van der Waals surface area contributed by atoms with Gasteiger partial charge in [-0.05, 0) is 37.5 Å². The number of aryl methyl sites for hydroxylation is 1. The summed E-state index contributed by atoms with van der Waals surface area (Å²) in [5.74, 6) is 0.169. The van der Waals surface area contributed by atoms with Crippen molar-refractivity contribution in [3.63, 3.8) is 0 Å². The van der Waals surface area contributed by atoms with Gasteiger partial charge in [0.15, 0.2) is 0 Å². The van der Waals surface area contributed by atoms with Crippen LogP contribution in [0.15, 0.2) is 24.3 Å². The Morgan fingerprint density at radius 1 is 1.28 bits per heavy atom. The normalized spacial score (nSPS) is 10.8. The fourth-order valence-corrected chi connectivity index (χ4v) is 2.30. The number of nitrogens with zero attached hydrogens (tertiary/aromatic N) is 2. The van der Waals surface area contributed by atoms with E-state index in [4.69, 9.17) is 0 Å². The first-order valence-electron chi connectivity index (χ1n) is 6.54. The summed E-state index contributed by atoms with van der Waals surface area (Å²) in [6.45, 7) is 6.26. The van der Waals surface area contributed by atoms with E-state index < -0.39 is 0 Å². The molecule has 3 heteroatoms. The summed E-state index contributed by atoms with van der Waals surface area (Å²) in [7, 11) is 0. The van der Waals surface area contributed by atoms with Crippen LogP contribution in [0.2, 0.25) is 0 Å². The molecule has 1 aromatic carbocycles. The first-order valence-corrected chi connectivity index (χ1v) is 6.54. The van der Waals surface area contributed by atoms with E-state index in [1.54, 1.807) is 0 Å². The first kappa shape index (κ1) is 12.7. The van der Waals surface area contributed by atoms with Crippen molar-refractivity contribution in [2.24, 2.45) is 0 Å². The highest BCUT2D eigenvalue weighted by atomic mass is 16.3. The first-order chi connectivity index (χ1) is 8.67. The van der Waals surface area contributed by atoms with Crippen LogP contribution in [0.25, 0.3) is 5.69 Å². The highest BCUT2D eigenvalue weighted by Gasteiger charge is 2.16. The van der Waals surface area contributed by atoms with Crippen molar-refractivity contribution in [3.05, 3.63) is 41.1 Å². The lowest BCUT2D eigenvalue weighted by Gasteiger charge is -2.08. The standard InChI is InChI=1S/C15H20N2O/c1-4-7-14-13(5-2)15(18)16-17(14)12-9-6-8-11(3)10-12/h6,8-10H,4-5,7H2,1-3H3,(H,16,18). The molecule has 3 nitrogen and oxygen atoms in total. The molecule has 0 saturated carbocycles. The van der Waals surface area contributed by atoms with E-state index in [0.717, 1.165) is 36.2 Å². The molecule has 0 amide bonds. The second-order valence-electron chi connectivity index (χ2n) is 4.60. The molecule has 0 radical (unpaired) electrons. The minimum absolute atomic E-state index is 0.169. The van der Waals surface area contributed by atoms with Crippen LogP contribution < -0.4 is 0 Å². The largest absolute Gasteiger partial charge is 0.492 e. The minimum Gasteiger partial charge on any atom is -0.492 e. The zero-order valence-corrected chi connectivity index (χ0v) is 11.3. The molecule has 0 bridgehead atoms. The molecule has 1 heterocycles. The van der Waals surface area contributed by atoms with Crippen molar-refractivity contribution < 1.29 is 5.11 Å². The Morgan fingerprint density at radius 2 is 2.06 bits per heavy atom. The average molecular weight is 244 g/mol. The molecule has 1 N–H and O–H groups in total. The van der Waals surface area contributed by atoms with Gasteiger partial charge in [0.05, 0.1) is 11.4 Å². The van der Waals surface area contributed by atoms with Crippen LogP contribution in [0.3, 0.4) is 0 Å². The molecule has 0 aliphatic carbocycles. The predicted octanol–water partition coefficient (Wildman–Crippen LogP) is 3.40. The van der Waals surface area contributed by atoms with Crippen molar-refractivity contribution in [1.29, 1.82) is 0 Å². The molecule has 2 aromatic rings. The van der Waals surface area contributed by atoms with Gasteiger partial charge in [0.1, 0.15) is 0 Å². The molecule has 0 fully saturated rings. The monoisotopic (exact) mass is 244 g/mol. The highest BCUT2D eigenvalue weighted by molar-refractivity contribution is 5.41. The molecule has 96 valence electrons. The van der Waals surface area contributed by atoms with Crippen LogP contribution in [0, 0.1) is 6.92 Å². The van der Waals surface area contributed by atoms with Crippen LogP contribution in [0.4, 0.5) is 0 Å². The van der Waals surface area contributed by atoms with Gasteiger partial charge in [-0.15, -0.1) is 5.10 Å². The summed E-state index contributed by atoms with van der Waals surface area (Å²) in [6, 6.07) is 8.20. The van der Waals surface area contributed by atoms with Crippen LogP contribution in [0.5, 0.6) is 5.88 Å². The molecule has 18 heavy (non-hydrogen) atoms. The number of hydrogen-bond donors (Lipinski definition) is 1. The summed E-state index contributed by atoms with van der Waals surface area (Å²) in [4.78, 5) is 0. The van der Waals surface area contributed by atoms with Crippen molar-refractivity contribution in [1.82, 2.24) is 9.78 Å². The van der Waals surface area contributed by atoms with Gasteiger partial charge in [-0.1, -0.05) is 32.4 Å². The van der Waals surface area contributed by atoms with E-state index in [-0.39, 0.29) is 5.88 Å². The number of aromatic hydroxyl groups is 1. The Hall–Kier alpha value is -1.77. The Balaban J connectivity index is 2.56. The molecule has 0 atom stereocenters. The molecule has 0 saturated heterocycles. The third-order valence-electron chi connectivity index (χ3n) is 3.16. The van der Waals surface area contributed by atoms with Crippen LogP contribution in [-0.2, 0) is 12.8 Å². The van der Waals surface area contributed by atoms with Gasteiger partial charge < -0.3 is 5.11 Å². The van der Waals surface area contributed by atoms with Crippen molar-refractivity contribution in [2.75, 3.05) is 0 Å². The van der Waals surface area contributed by atoms with Gasteiger partial charge in [0.2, 0.25) is 5.88 Å². The molecule has 0 aliphatic heterocycles. The molecule has 0 spiro atoms. The van der Waals surface area contributed by atoms with E-state index in [9.17, 15) is 5.11 Å². The van der Waals surface area contributed by atoms with Gasteiger partial charge in [-0.2, -0.15) is 0 Å². The fourth-order valence-electron chi connectivity index (χ4n) is 2.30. The SMILES string of the molecule is CCCc1c(CC)c(O)nn1-c1cccc(C)c1. The summed E-state index contributed by atoms with van der Waals surface area (Å²) in [5.41, 5.74) is 4.32. The van der Waals surface area contributed by atoms with Crippen LogP contribution in [0.1, 0.15) is 37.1 Å². The van der Waals surface area contributed by atoms with E-state index in [2.05, 4.69) is 38.0 Å². The minimum atomic E-state index is 0.169. The molecular weight excluding hydrogens is 224 g/mol. The highest BCUT2D eigenvalue weighted by Crippen LogP contribution is 2.25. The second-order valence-corrected chi connectivity index (χ2v) is 4.60. The quantitative estimate of drug-likeness (QED) is 0.895. The number of rotatable bonds is 4. The van der Waals surface area contributed by atoms with Gasteiger partial charge >= 0.3 is 0 Å². The lowest BCUT2D eigenvalue weighted by molar-refractivity contribution is 0.443. The molecule has 2 rings (SSSR count). The van der Waals surface area contributed by atoms with Crippen LogP contribution in [-0.4, -0.2) is 14.9 Å². The summed E-state index contributed by atoms with van der Waals surface area (Å²) < 4.78 is 1.88. The third-order valence-corrected chi connectivity index (χ3v) is 3.16. The maximum atomic E-state index is 9.94. The maximum Gasteiger partial charge on any atom is 0.234 e. The van der Waals surface area contributed by atoms with E-state index in [1.807, 2.05) is 16.8 Å². The van der Waals surface area contributed by atoms with Gasteiger partial charge in [0, 0.05) is 5.56 Å². The van der Waals surface area contributed by atoms with E-state index >= 15 is 0 Å². The fraction of sp³-hybridized carbons (Fsp3) is 0.400. The predicted molar refractivity (Wildman–Crippen MR) is 73.3 cm³/mol. The zero-order valence-electron chi connectivity index (χ0n) is 11.3. The zero-order chi connectivity index (χ0) is 13.1. The smallest absolute Gasteiger partial charge is 0.234 e. The van der Waals surface area contributed by atoms with Crippen molar-refractivity contribution in [2.45, 2.75) is 40.0 Å². The Kier molecular flexibility index (Phi) is 3.70. The lowest BCUT2D eigenvalue weighted by atomic mass is 10.1.